The van der Waals surface area contributed by atoms with Crippen LogP contribution in [0.15, 0.2) is 12.5 Å². The Kier molecular flexibility index (Phi) is 6.31. The van der Waals surface area contributed by atoms with Crippen molar-refractivity contribution in [3.8, 4) is 0 Å². The van der Waals surface area contributed by atoms with Gasteiger partial charge in [0.15, 0.2) is 0 Å². The highest BCUT2D eigenvalue weighted by atomic mass is 16.6. The Bertz CT molecular complexity index is 514. The van der Waals surface area contributed by atoms with Crippen LogP contribution in [0.3, 0.4) is 0 Å². The molecule has 9 nitrogen and oxygen atoms in total. The van der Waals surface area contributed by atoms with Gasteiger partial charge in [0.25, 0.3) is 0 Å². The second-order valence-electron chi connectivity index (χ2n) is 4.19. The predicted molar refractivity (Wildman–Crippen MR) is 72.4 cm³/mol. The predicted octanol–water partition coefficient (Wildman–Crippen LogP) is 0.593. The number of ether oxygens (including phenoxy) is 1. The summed E-state index contributed by atoms with van der Waals surface area (Å²) in [5.41, 5.74) is 0. The first-order valence-electron chi connectivity index (χ1n) is 6.57. The topological polar surface area (TPSA) is 108 Å². The molecule has 0 atom stereocenters. The minimum absolute atomic E-state index is 0.0900. The van der Waals surface area contributed by atoms with E-state index in [1.807, 2.05) is 0 Å². The molecule has 1 heterocycles. The number of carbonyl (C=O) groups is 2. The van der Waals surface area contributed by atoms with E-state index >= 15 is 0 Å². The molecule has 0 fully saturated rings. The van der Waals surface area contributed by atoms with Crippen molar-refractivity contribution in [1.82, 2.24) is 14.5 Å². The van der Waals surface area contributed by atoms with E-state index in [-0.39, 0.29) is 37.8 Å². The summed E-state index contributed by atoms with van der Waals surface area (Å²) in [4.78, 5) is 38.2. The summed E-state index contributed by atoms with van der Waals surface area (Å²) in [6.45, 7) is 4.29. The lowest BCUT2D eigenvalue weighted by molar-refractivity contribution is -0.389. The number of hydrogen-bond acceptors (Lipinski definition) is 6. The third kappa shape index (κ3) is 5.21. The molecule has 1 aromatic heterocycles. The van der Waals surface area contributed by atoms with Gasteiger partial charge in [-0.15, -0.1) is 0 Å². The number of aryl methyl sites for hydroxylation is 1. The number of nitrogens with zero attached hydrogens (tertiary/aromatic N) is 4. The van der Waals surface area contributed by atoms with Gasteiger partial charge in [0.1, 0.15) is 12.7 Å². The van der Waals surface area contributed by atoms with Gasteiger partial charge in [-0.1, -0.05) is 0 Å². The highest BCUT2D eigenvalue weighted by Crippen LogP contribution is 2.07. The molecule has 0 bridgehead atoms. The van der Waals surface area contributed by atoms with Crippen molar-refractivity contribution < 1.29 is 19.2 Å². The summed E-state index contributed by atoms with van der Waals surface area (Å²) in [5, 5.41) is 10.5. The average molecular weight is 298 g/mol. The fourth-order valence-electron chi connectivity index (χ4n) is 1.69. The largest absolute Gasteiger partial charge is 0.465 e. The molecule has 0 unspecified atom stereocenters. The van der Waals surface area contributed by atoms with Crippen LogP contribution < -0.4 is 0 Å². The van der Waals surface area contributed by atoms with Crippen molar-refractivity contribution in [3.63, 3.8) is 0 Å². The molecule has 0 saturated carbocycles. The Balaban J connectivity index is 2.49. The van der Waals surface area contributed by atoms with Crippen molar-refractivity contribution in [2.75, 3.05) is 19.7 Å². The number of likely N-dealkylation sites (N-methyl/N-ethyl adjacent to an activating group) is 1. The molecule has 0 radical (unpaired) electrons. The van der Waals surface area contributed by atoms with Crippen molar-refractivity contribution >= 4 is 17.7 Å². The number of hydrogen-bond donors (Lipinski definition) is 0. The molecular weight excluding hydrogens is 280 g/mol. The summed E-state index contributed by atoms with van der Waals surface area (Å²) in [7, 11) is 0. The Morgan fingerprint density at radius 3 is 2.71 bits per heavy atom. The summed E-state index contributed by atoms with van der Waals surface area (Å²) in [6.07, 6.45) is 2.68. The Morgan fingerprint density at radius 1 is 1.48 bits per heavy atom. The van der Waals surface area contributed by atoms with Crippen molar-refractivity contribution in [1.29, 1.82) is 0 Å². The summed E-state index contributed by atoms with van der Waals surface area (Å²) in [6, 6.07) is 0. The highest BCUT2D eigenvalue weighted by molar-refractivity contribution is 5.82. The van der Waals surface area contributed by atoms with E-state index in [1.54, 1.807) is 13.8 Å². The maximum absolute atomic E-state index is 12.0. The molecule has 1 amide bonds. The molecule has 1 aromatic rings. The van der Waals surface area contributed by atoms with Gasteiger partial charge < -0.3 is 24.3 Å². The van der Waals surface area contributed by atoms with E-state index in [9.17, 15) is 19.7 Å². The summed E-state index contributed by atoms with van der Waals surface area (Å²) >= 11 is 0. The number of imidazole rings is 1. The molecule has 0 aliphatic heterocycles. The molecule has 0 saturated heterocycles. The van der Waals surface area contributed by atoms with Crippen LogP contribution in [-0.2, 0) is 20.9 Å². The zero-order chi connectivity index (χ0) is 15.8. The van der Waals surface area contributed by atoms with Gasteiger partial charge in [-0.25, -0.2) is 0 Å². The molecule has 0 aliphatic rings. The molecule has 1 rings (SSSR count). The van der Waals surface area contributed by atoms with Gasteiger partial charge in [-0.2, -0.15) is 0 Å². The number of aromatic nitrogens is 2. The minimum Gasteiger partial charge on any atom is -0.465 e. The number of carbonyl (C=O) groups excluding carboxylic acids is 2. The first-order chi connectivity index (χ1) is 9.97. The second kappa shape index (κ2) is 7.98. The quantitative estimate of drug-likeness (QED) is 0.395. The van der Waals surface area contributed by atoms with Gasteiger partial charge in [0.2, 0.25) is 12.2 Å². The van der Waals surface area contributed by atoms with Crippen molar-refractivity contribution in [3.05, 3.63) is 22.6 Å². The van der Waals surface area contributed by atoms with Crippen molar-refractivity contribution in [2.45, 2.75) is 26.8 Å². The average Bonchev–Trinajstić information content (AvgIpc) is 2.91. The number of amides is 1. The number of esters is 1. The molecule has 0 aromatic carbocycles. The molecule has 21 heavy (non-hydrogen) atoms. The smallest absolute Gasteiger partial charge is 0.381 e. The van der Waals surface area contributed by atoms with E-state index in [4.69, 9.17) is 4.74 Å². The van der Waals surface area contributed by atoms with Gasteiger partial charge in [0.05, 0.1) is 6.61 Å². The lowest BCUT2D eigenvalue weighted by Gasteiger charge is -2.19. The molecule has 116 valence electrons. The van der Waals surface area contributed by atoms with E-state index in [0.29, 0.717) is 6.54 Å². The van der Waals surface area contributed by atoms with E-state index in [2.05, 4.69) is 4.98 Å². The minimum atomic E-state index is -0.600. The number of nitro groups is 1. The van der Waals surface area contributed by atoms with Gasteiger partial charge in [-0.3, -0.25) is 9.59 Å². The van der Waals surface area contributed by atoms with Crippen LogP contribution in [0.25, 0.3) is 0 Å². The van der Waals surface area contributed by atoms with Crippen LogP contribution in [0.4, 0.5) is 5.82 Å². The zero-order valence-corrected chi connectivity index (χ0v) is 12.0. The van der Waals surface area contributed by atoms with Crippen LogP contribution in [0.1, 0.15) is 20.3 Å². The maximum Gasteiger partial charge on any atom is 0.381 e. The van der Waals surface area contributed by atoms with Gasteiger partial charge in [-0.05, 0) is 23.8 Å². The Morgan fingerprint density at radius 2 is 2.19 bits per heavy atom. The Labute approximate surface area is 121 Å². The molecule has 9 heteroatoms. The molecular formula is C12H18N4O5. The molecule has 0 spiro atoms. The molecule has 0 N–H and O–H groups in total. The lowest BCUT2D eigenvalue weighted by atomic mass is 10.3. The highest BCUT2D eigenvalue weighted by Gasteiger charge is 2.17. The molecule has 0 aliphatic carbocycles. The van der Waals surface area contributed by atoms with Crippen LogP contribution in [0.2, 0.25) is 0 Å². The van der Waals surface area contributed by atoms with E-state index in [1.165, 1.54) is 22.0 Å². The first-order valence-corrected chi connectivity index (χ1v) is 6.57. The van der Waals surface area contributed by atoms with Gasteiger partial charge >= 0.3 is 11.8 Å². The number of rotatable bonds is 8. The third-order valence-electron chi connectivity index (χ3n) is 2.75. The van der Waals surface area contributed by atoms with Gasteiger partial charge in [0, 0.05) is 19.5 Å². The van der Waals surface area contributed by atoms with Crippen LogP contribution in [0.5, 0.6) is 0 Å². The maximum atomic E-state index is 12.0. The first kappa shape index (κ1) is 16.6. The SMILES string of the molecule is CCOC(=O)CN(CC)C(=O)CCn1cnc([N+](=O)[O-])c1. The normalized spacial score (nSPS) is 10.2. The third-order valence-corrected chi connectivity index (χ3v) is 2.75. The van der Waals surface area contributed by atoms with Crippen molar-refractivity contribution in [2.24, 2.45) is 0 Å². The monoisotopic (exact) mass is 298 g/mol. The second-order valence-corrected chi connectivity index (χ2v) is 4.19. The fourth-order valence-corrected chi connectivity index (χ4v) is 1.69. The summed E-state index contributed by atoms with van der Waals surface area (Å²) in [5.74, 6) is -0.936. The van der Waals surface area contributed by atoms with Crippen LogP contribution in [0, 0.1) is 10.1 Å². The van der Waals surface area contributed by atoms with Crippen LogP contribution in [-0.4, -0.2) is 50.9 Å². The zero-order valence-electron chi connectivity index (χ0n) is 12.0. The fraction of sp³-hybridized carbons (Fsp3) is 0.583. The van der Waals surface area contributed by atoms with Crippen LogP contribution >= 0.6 is 0 Å². The van der Waals surface area contributed by atoms with E-state index < -0.39 is 10.9 Å². The summed E-state index contributed by atoms with van der Waals surface area (Å²) < 4.78 is 6.26. The standard InChI is InChI=1S/C12H18N4O5/c1-3-15(8-12(18)21-4-2)11(17)5-6-14-7-10(13-9-14)16(19)20/h7,9H,3-6,8H2,1-2H3. The lowest BCUT2D eigenvalue weighted by Crippen LogP contribution is -2.36. The Hall–Kier alpha value is -2.45. The van der Waals surface area contributed by atoms with E-state index in [0.717, 1.165) is 0 Å².